The Kier molecular flexibility index (Phi) is 5.41. The van der Waals surface area contributed by atoms with Crippen LogP contribution in [-0.2, 0) is 4.74 Å². The van der Waals surface area contributed by atoms with Crippen LogP contribution in [0.25, 0.3) is 0 Å². The Morgan fingerprint density at radius 1 is 1.08 bits per heavy atom. The number of aromatic nitrogens is 1. The molecule has 1 aromatic carbocycles. The molecule has 0 atom stereocenters. The van der Waals surface area contributed by atoms with Gasteiger partial charge in [0.1, 0.15) is 10.8 Å². The SMILES string of the molecule is CC(C)(C)OC(=O)Nc1ccccc1C(=O)Nc1ccc(Cl)nc1. The Labute approximate surface area is 145 Å². The smallest absolute Gasteiger partial charge is 0.412 e. The molecule has 2 amide bonds. The highest BCUT2D eigenvalue weighted by molar-refractivity contribution is 6.29. The van der Waals surface area contributed by atoms with Crippen LogP contribution in [0.4, 0.5) is 16.2 Å². The molecular weight excluding hydrogens is 330 g/mol. The summed E-state index contributed by atoms with van der Waals surface area (Å²) in [5.74, 6) is -0.384. The first kappa shape index (κ1) is 17.7. The molecule has 0 saturated carbocycles. The summed E-state index contributed by atoms with van der Waals surface area (Å²) in [5, 5.41) is 5.61. The standard InChI is InChI=1S/C17H18ClN3O3/c1-17(2,3)24-16(23)21-13-7-5-4-6-12(13)15(22)20-11-8-9-14(18)19-10-11/h4-10H,1-3H3,(H,20,22)(H,21,23). The van der Waals surface area contributed by atoms with Crippen molar-refractivity contribution < 1.29 is 14.3 Å². The lowest BCUT2D eigenvalue weighted by Gasteiger charge is -2.20. The summed E-state index contributed by atoms with van der Waals surface area (Å²) in [6.45, 7) is 5.29. The average molecular weight is 348 g/mol. The van der Waals surface area contributed by atoms with Crippen molar-refractivity contribution in [1.29, 1.82) is 0 Å². The van der Waals surface area contributed by atoms with Gasteiger partial charge in [-0.1, -0.05) is 23.7 Å². The van der Waals surface area contributed by atoms with Gasteiger partial charge in [-0.2, -0.15) is 0 Å². The highest BCUT2D eigenvalue weighted by atomic mass is 35.5. The molecule has 6 nitrogen and oxygen atoms in total. The summed E-state index contributed by atoms with van der Waals surface area (Å²) in [5.41, 5.74) is 0.525. The largest absolute Gasteiger partial charge is 0.444 e. The number of carbonyl (C=O) groups excluding carboxylic acids is 2. The first-order chi connectivity index (χ1) is 11.2. The molecule has 2 N–H and O–H groups in total. The molecular formula is C17H18ClN3O3. The van der Waals surface area contributed by atoms with Crippen LogP contribution in [0.1, 0.15) is 31.1 Å². The van der Waals surface area contributed by atoms with E-state index in [4.69, 9.17) is 16.3 Å². The van der Waals surface area contributed by atoms with Crippen molar-refractivity contribution >= 4 is 35.0 Å². The maximum absolute atomic E-state index is 12.4. The molecule has 126 valence electrons. The van der Waals surface area contributed by atoms with Crippen LogP contribution in [-0.4, -0.2) is 22.6 Å². The van der Waals surface area contributed by atoms with Crippen LogP contribution in [0, 0.1) is 0 Å². The predicted octanol–water partition coefficient (Wildman–Crippen LogP) is 4.33. The van der Waals surface area contributed by atoms with E-state index >= 15 is 0 Å². The number of hydrogen-bond donors (Lipinski definition) is 2. The number of carbonyl (C=O) groups is 2. The minimum atomic E-state index is -0.629. The molecule has 0 bridgehead atoms. The summed E-state index contributed by atoms with van der Waals surface area (Å²) in [6, 6.07) is 9.85. The van der Waals surface area contributed by atoms with Gasteiger partial charge >= 0.3 is 6.09 Å². The Morgan fingerprint density at radius 2 is 1.79 bits per heavy atom. The van der Waals surface area contributed by atoms with Gasteiger partial charge in [0.25, 0.3) is 5.91 Å². The van der Waals surface area contributed by atoms with Crippen LogP contribution in [0.15, 0.2) is 42.6 Å². The first-order valence-corrected chi connectivity index (χ1v) is 7.64. The van der Waals surface area contributed by atoms with Crippen LogP contribution in [0.3, 0.4) is 0 Å². The number of para-hydroxylation sites is 1. The van der Waals surface area contributed by atoms with Crippen molar-refractivity contribution in [3.05, 3.63) is 53.3 Å². The molecule has 0 fully saturated rings. The number of nitrogens with zero attached hydrogens (tertiary/aromatic N) is 1. The number of amides is 2. The molecule has 0 aliphatic heterocycles. The van der Waals surface area contributed by atoms with Crippen LogP contribution in [0.5, 0.6) is 0 Å². The van der Waals surface area contributed by atoms with Crippen molar-refractivity contribution in [3.8, 4) is 0 Å². The zero-order valence-electron chi connectivity index (χ0n) is 13.6. The molecule has 0 saturated heterocycles. The Morgan fingerprint density at radius 3 is 2.42 bits per heavy atom. The number of pyridine rings is 1. The van der Waals surface area contributed by atoms with Crippen molar-refractivity contribution in [3.63, 3.8) is 0 Å². The van der Waals surface area contributed by atoms with Gasteiger partial charge in [-0.3, -0.25) is 10.1 Å². The summed E-state index contributed by atoms with van der Waals surface area (Å²) in [7, 11) is 0. The highest BCUT2D eigenvalue weighted by Crippen LogP contribution is 2.19. The fourth-order valence-corrected chi connectivity index (χ4v) is 1.96. The number of hydrogen-bond acceptors (Lipinski definition) is 4. The third-order valence-corrected chi connectivity index (χ3v) is 3.02. The number of anilines is 2. The van der Waals surface area contributed by atoms with E-state index in [0.29, 0.717) is 22.1 Å². The molecule has 0 aliphatic rings. The summed E-state index contributed by atoms with van der Waals surface area (Å²) in [6.07, 6.45) is 0.820. The van der Waals surface area contributed by atoms with E-state index in [1.54, 1.807) is 57.2 Å². The molecule has 2 aromatic rings. The van der Waals surface area contributed by atoms with Gasteiger partial charge in [0.05, 0.1) is 23.1 Å². The number of halogens is 1. The van der Waals surface area contributed by atoms with Crippen molar-refractivity contribution in [2.75, 3.05) is 10.6 Å². The molecule has 1 aromatic heterocycles. The Balaban J connectivity index is 2.14. The third kappa shape index (κ3) is 5.24. The molecule has 7 heteroatoms. The Hall–Kier alpha value is -2.60. The van der Waals surface area contributed by atoms with Gasteiger partial charge in [-0.05, 0) is 45.0 Å². The zero-order valence-corrected chi connectivity index (χ0v) is 14.3. The van der Waals surface area contributed by atoms with Crippen LogP contribution < -0.4 is 10.6 Å². The topological polar surface area (TPSA) is 80.3 Å². The van der Waals surface area contributed by atoms with E-state index in [0.717, 1.165) is 0 Å². The minimum Gasteiger partial charge on any atom is -0.444 e. The quantitative estimate of drug-likeness (QED) is 0.809. The fourth-order valence-electron chi connectivity index (χ4n) is 1.85. The summed E-state index contributed by atoms with van der Waals surface area (Å²) in [4.78, 5) is 28.2. The lowest BCUT2D eigenvalue weighted by Crippen LogP contribution is -2.28. The lowest BCUT2D eigenvalue weighted by molar-refractivity contribution is 0.0636. The van der Waals surface area contributed by atoms with E-state index in [2.05, 4.69) is 15.6 Å². The van der Waals surface area contributed by atoms with Crippen molar-refractivity contribution in [2.45, 2.75) is 26.4 Å². The van der Waals surface area contributed by atoms with Gasteiger partial charge < -0.3 is 10.1 Å². The minimum absolute atomic E-state index is 0.304. The number of ether oxygens (including phenoxy) is 1. The highest BCUT2D eigenvalue weighted by Gasteiger charge is 2.18. The molecule has 0 spiro atoms. The van der Waals surface area contributed by atoms with Gasteiger partial charge in [0.2, 0.25) is 0 Å². The van der Waals surface area contributed by atoms with Gasteiger partial charge in [0.15, 0.2) is 0 Å². The molecule has 24 heavy (non-hydrogen) atoms. The maximum atomic E-state index is 12.4. The Bertz CT molecular complexity index is 739. The lowest BCUT2D eigenvalue weighted by atomic mass is 10.1. The van der Waals surface area contributed by atoms with E-state index in [1.807, 2.05) is 0 Å². The molecule has 0 unspecified atom stereocenters. The third-order valence-electron chi connectivity index (χ3n) is 2.79. The van der Waals surface area contributed by atoms with E-state index in [9.17, 15) is 9.59 Å². The van der Waals surface area contributed by atoms with Gasteiger partial charge in [-0.15, -0.1) is 0 Å². The normalized spacial score (nSPS) is 10.8. The van der Waals surface area contributed by atoms with E-state index < -0.39 is 11.7 Å². The monoisotopic (exact) mass is 347 g/mol. The number of nitrogens with one attached hydrogen (secondary N) is 2. The molecule has 0 aliphatic carbocycles. The van der Waals surface area contributed by atoms with Crippen molar-refractivity contribution in [2.24, 2.45) is 0 Å². The molecule has 1 heterocycles. The summed E-state index contributed by atoms with van der Waals surface area (Å²) < 4.78 is 5.20. The van der Waals surface area contributed by atoms with Crippen LogP contribution >= 0.6 is 11.6 Å². The number of benzene rings is 1. The first-order valence-electron chi connectivity index (χ1n) is 7.26. The average Bonchev–Trinajstić information content (AvgIpc) is 2.48. The van der Waals surface area contributed by atoms with E-state index in [-0.39, 0.29) is 5.91 Å². The van der Waals surface area contributed by atoms with Gasteiger partial charge in [-0.25, -0.2) is 9.78 Å². The number of rotatable bonds is 3. The maximum Gasteiger partial charge on any atom is 0.412 e. The van der Waals surface area contributed by atoms with Crippen LogP contribution in [0.2, 0.25) is 5.15 Å². The van der Waals surface area contributed by atoms with Crippen molar-refractivity contribution in [1.82, 2.24) is 4.98 Å². The summed E-state index contributed by atoms with van der Waals surface area (Å²) >= 11 is 5.72. The molecule has 2 rings (SSSR count). The predicted molar refractivity (Wildman–Crippen MR) is 93.5 cm³/mol. The second-order valence-electron chi connectivity index (χ2n) is 6.00. The second-order valence-corrected chi connectivity index (χ2v) is 6.38. The van der Waals surface area contributed by atoms with Gasteiger partial charge in [0, 0.05) is 0 Å². The zero-order chi connectivity index (χ0) is 17.7. The second kappa shape index (κ2) is 7.31. The van der Waals surface area contributed by atoms with E-state index in [1.165, 1.54) is 6.20 Å². The fraction of sp³-hybridized carbons (Fsp3) is 0.235. The molecule has 0 radical (unpaired) electrons.